The van der Waals surface area contributed by atoms with Gasteiger partial charge < -0.3 is 15.2 Å². The fourth-order valence-electron chi connectivity index (χ4n) is 2.66. The Morgan fingerprint density at radius 2 is 2.10 bits per heavy atom. The molecule has 1 aromatic carbocycles. The molecular weight excluding hydrogens is 266 g/mol. The lowest BCUT2D eigenvalue weighted by atomic mass is 9.79. The number of carbonyl (C=O) groups is 1. The van der Waals surface area contributed by atoms with Crippen LogP contribution in [-0.2, 0) is 21.6 Å². The average Bonchev–Trinajstić information content (AvgIpc) is 2.43. The van der Waals surface area contributed by atoms with Crippen molar-refractivity contribution in [2.45, 2.75) is 51.2 Å². The van der Waals surface area contributed by atoms with Gasteiger partial charge in [0.25, 0.3) is 0 Å². The third kappa shape index (κ3) is 4.29. The third-order valence-corrected chi connectivity index (χ3v) is 3.77. The van der Waals surface area contributed by atoms with Crippen LogP contribution in [0.4, 0.5) is 0 Å². The number of hydrogen-bond donors (Lipinski definition) is 2. The Kier molecular flexibility index (Phi) is 4.69. The second-order valence-electron chi connectivity index (χ2n) is 6.72. The average molecular weight is 291 g/mol. The molecule has 116 valence electrons. The molecule has 0 radical (unpaired) electrons. The van der Waals surface area contributed by atoms with Crippen LogP contribution in [-0.4, -0.2) is 29.8 Å². The Balaban J connectivity index is 1.95. The Morgan fingerprint density at radius 1 is 1.38 bits per heavy atom. The van der Waals surface area contributed by atoms with Gasteiger partial charge in [-0.1, -0.05) is 24.3 Å². The van der Waals surface area contributed by atoms with E-state index in [1.54, 1.807) is 0 Å². The quantitative estimate of drug-likeness (QED) is 0.893. The molecule has 1 atom stereocenters. The Labute approximate surface area is 126 Å². The normalized spacial score (nSPS) is 21.7. The first-order valence-corrected chi connectivity index (χ1v) is 7.52. The highest BCUT2D eigenvalue weighted by atomic mass is 16.5. The zero-order valence-electron chi connectivity index (χ0n) is 13.1. The number of benzene rings is 1. The van der Waals surface area contributed by atoms with E-state index in [4.69, 9.17) is 4.74 Å². The summed E-state index contributed by atoms with van der Waals surface area (Å²) in [6.07, 6.45) is 2.59. The molecule has 1 unspecified atom stereocenters. The monoisotopic (exact) mass is 291 g/mol. The molecule has 0 fully saturated rings. The molecule has 0 saturated carbocycles. The molecule has 0 spiro atoms. The number of amides is 1. The Hall–Kier alpha value is -1.39. The summed E-state index contributed by atoms with van der Waals surface area (Å²) < 4.78 is 5.44. The molecule has 1 amide bonds. The van der Waals surface area contributed by atoms with Crippen LogP contribution in [0.2, 0.25) is 0 Å². The summed E-state index contributed by atoms with van der Waals surface area (Å²) in [6, 6.07) is 7.91. The fourth-order valence-corrected chi connectivity index (χ4v) is 2.66. The predicted octanol–water partition coefficient (Wildman–Crippen LogP) is 2.14. The summed E-state index contributed by atoms with van der Waals surface area (Å²) >= 11 is 0. The highest BCUT2D eigenvalue weighted by Gasteiger charge is 2.34. The summed E-state index contributed by atoms with van der Waals surface area (Å²) in [5.41, 5.74) is 0.803. The van der Waals surface area contributed by atoms with Crippen molar-refractivity contribution >= 4 is 5.91 Å². The van der Waals surface area contributed by atoms with Crippen molar-refractivity contribution in [3.05, 3.63) is 35.4 Å². The van der Waals surface area contributed by atoms with Crippen LogP contribution in [0.5, 0.6) is 0 Å². The maximum atomic E-state index is 11.8. The number of ether oxygens (including phenoxy) is 1. The minimum Gasteiger partial charge on any atom is -0.383 e. The van der Waals surface area contributed by atoms with Gasteiger partial charge in [0, 0.05) is 0 Å². The molecule has 0 bridgehead atoms. The van der Waals surface area contributed by atoms with Crippen LogP contribution in [0.25, 0.3) is 0 Å². The first-order valence-electron chi connectivity index (χ1n) is 7.52. The summed E-state index contributed by atoms with van der Waals surface area (Å²) in [5, 5.41) is 13.6. The number of rotatable bonds is 4. The summed E-state index contributed by atoms with van der Waals surface area (Å²) in [5.74, 6) is -0.193. The molecule has 2 N–H and O–H groups in total. The highest BCUT2D eigenvalue weighted by Crippen LogP contribution is 2.34. The van der Waals surface area contributed by atoms with Gasteiger partial charge in [0.1, 0.15) is 12.2 Å². The Morgan fingerprint density at radius 3 is 2.81 bits per heavy atom. The van der Waals surface area contributed by atoms with Gasteiger partial charge in [-0.05, 0) is 51.2 Å². The number of nitrogens with one attached hydrogen (secondary N) is 1. The van der Waals surface area contributed by atoms with E-state index in [1.165, 1.54) is 5.56 Å². The first kappa shape index (κ1) is 16.0. The molecule has 4 nitrogen and oxygen atoms in total. The number of aryl methyl sites for hydroxylation is 1. The van der Waals surface area contributed by atoms with E-state index in [2.05, 4.69) is 5.32 Å². The zero-order valence-corrected chi connectivity index (χ0v) is 13.1. The van der Waals surface area contributed by atoms with Crippen molar-refractivity contribution in [2.24, 2.45) is 0 Å². The third-order valence-electron chi connectivity index (χ3n) is 3.77. The molecule has 0 heterocycles. The summed E-state index contributed by atoms with van der Waals surface area (Å²) in [4.78, 5) is 11.8. The van der Waals surface area contributed by atoms with Crippen molar-refractivity contribution in [2.75, 3.05) is 13.2 Å². The van der Waals surface area contributed by atoms with Crippen LogP contribution in [0.15, 0.2) is 24.3 Å². The van der Waals surface area contributed by atoms with Crippen LogP contribution in [0.1, 0.15) is 44.7 Å². The van der Waals surface area contributed by atoms with Crippen LogP contribution < -0.4 is 5.32 Å². The van der Waals surface area contributed by atoms with Gasteiger partial charge in [-0.15, -0.1) is 0 Å². The lowest BCUT2D eigenvalue weighted by Crippen LogP contribution is -2.44. The van der Waals surface area contributed by atoms with E-state index in [0.717, 1.165) is 18.4 Å². The molecule has 2 rings (SSSR count). The maximum Gasteiger partial charge on any atom is 0.246 e. The summed E-state index contributed by atoms with van der Waals surface area (Å²) in [7, 11) is 0. The Bertz CT molecular complexity index is 507. The van der Waals surface area contributed by atoms with E-state index in [1.807, 2.05) is 45.0 Å². The summed E-state index contributed by atoms with van der Waals surface area (Å²) in [6.45, 7) is 5.97. The van der Waals surface area contributed by atoms with Crippen molar-refractivity contribution in [3.63, 3.8) is 0 Å². The van der Waals surface area contributed by atoms with Crippen molar-refractivity contribution in [1.29, 1.82) is 0 Å². The minimum absolute atomic E-state index is 0.0151. The largest absolute Gasteiger partial charge is 0.383 e. The van der Waals surface area contributed by atoms with Gasteiger partial charge >= 0.3 is 0 Å². The first-order chi connectivity index (χ1) is 9.80. The molecule has 0 aromatic heterocycles. The molecule has 1 aromatic rings. The topological polar surface area (TPSA) is 58.6 Å². The molecule has 21 heavy (non-hydrogen) atoms. The van der Waals surface area contributed by atoms with Gasteiger partial charge in [0.05, 0.1) is 12.1 Å². The van der Waals surface area contributed by atoms with Crippen molar-refractivity contribution < 1.29 is 14.6 Å². The van der Waals surface area contributed by atoms with Crippen LogP contribution >= 0.6 is 0 Å². The molecule has 0 aliphatic heterocycles. The SMILES string of the molecule is CC(C)(C)OCC(=O)NCC1(O)CCCc2ccccc21. The zero-order chi connectivity index (χ0) is 15.5. The van der Waals surface area contributed by atoms with Crippen molar-refractivity contribution in [1.82, 2.24) is 5.32 Å². The molecule has 1 aliphatic rings. The molecule has 0 saturated heterocycles. The number of carbonyl (C=O) groups excluding carboxylic acids is 1. The number of fused-ring (bicyclic) bond motifs is 1. The van der Waals surface area contributed by atoms with E-state index in [0.29, 0.717) is 6.42 Å². The second-order valence-corrected chi connectivity index (χ2v) is 6.72. The number of aliphatic hydroxyl groups is 1. The van der Waals surface area contributed by atoms with Gasteiger partial charge in [0.15, 0.2) is 0 Å². The second kappa shape index (κ2) is 6.16. The van der Waals surface area contributed by atoms with Crippen molar-refractivity contribution in [3.8, 4) is 0 Å². The lowest BCUT2D eigenvalue weighted by molar-refractivity contribution is -0.132. The molecular formula is C17H25NO3. The van der Waals surface area contributed by atoms with Gasteiger partial charge in [-0.25, -0.2) is 0 Å². The van der Waals surface area contributed by atoms with E-state index in [-0.39, 0.29) is 24.7 Å². The van der Waals surface area contributed by atoms with Gasteiger partial charge in [-0.2, -0.15) is 0 Å². The number of hydrogen-bond acceptors (Lipinski definition) is 3. The highest BCUT2D eigenvalue weighted by molar-refractivity contribution is 5.77. The molecule has 4 heteroatoms. The van der Waals surface area contributed by atoms with Crippen LogP contribution in [0.3, 0.4) is 0 Å². The minimum atomic E-state index is -0.966. The standard InChI is InChI=1S/C17H25NO3/c1-16(2,3)21-11-15(19)18-12-17(20)10-6-8-13-7-4-5-9-14(13)17/h4-5,7,9,20H,6,8,10-12H2,1-3H3,(H,18,19). The fraction of sp³-hybridized carbons (Fsp3) is 0.588. The van der Waals surface area contributed by atoms with Gasteiger partial charge in [-0.3, -0.25) is 4.79 Å². The lowest BCUT2D eigenvalue weighted by Gasteiger charge is -2.34. The van der Waals surface area contributed by atoms with E-state index >= 15 is 0 Å². The maximum absolute atomic E-state index is 11.8. The van der Waals surface area contributed by atoms with E-state index < -0.39 is 5.60 Å². The molecule has 1 aliphatic carbocycles. The van der Waals surface area contributed by atoms with E-state index in [9.17, 15) is 9.90 Å². The predicted molar refractivity (Wildman–Crippen MR) is 82.0 cm³/mol. The van der Waals surface area contributed by atoms with Gasteiger partial charge in [0.2, 0.25) is 5.91 Å². The smallest absolute Gasteiger partial charge is 0.246 e. The van der Waals surface area contributed by atoms with Crippen LogP contribution in [0, 0.1) is 0 Å².